The van der Waals surface area contributed by atoms with Gasteiger partial charge in [-0.2, -0.15) is 0 Å². The van der Waals surface area contributed by atoms with Crippen LogP contribution in [0.1, 0.15) is 48.6 Å². The second kappa shape index (κ2) is 8.36. The van der Waals surface area contributed by atoms with Gasteiger partial charge in [0.05, 0.1) is 0 Å². The fourth-order valence-electron chi connectivity index (χ4n) is 4.55. The van der Waals surface area contributed by atoms with E-state index in [2.05, 4.69) is 78.8 Å². The van der Waals surface area contributed by atoms with Gasteiger partial charge < -0.3 is 9.88 Å². The van der Waals surface area contributed by atoms with Gasteiger partial charge in [-0.15, -0.1) is 0 Å². The Hall–Kier alpha value is -2.32. The number of piperidine rings is 1. The molecule has 1 aliphatic rings. The maximum absolute atomic E-state index is 4.16. The van der Waals surface area contributed by atoms with Crippen molar-refractivity contribution in [2.24, 2.45) is 5.92 Å². The van der Waals surface area contributed by atoms with E-state index in [9.17, 15) is 0 Å². The first kappa shape index (κ1) is 19.0. The smallest absolute Gasteiger partial charge is 0.0485 e. The van der Waals surface area contributed by atoms with Crippen molar-refractivity contribution in [1.29, 1.82) is 0 Å². The molecule has 28 heavy (non-hydrogen) atoms. The third-order valence-electron chi connectivity index (χ3n) is 6.43. The molecule has 0 unspecified atom stereocenters. The number of hydrogen-bond acceptors (Lipinski definition) is 1. The first-order valence-corrected chi connectivity index (χ1v) is 10.7. The van der Waals surface area contributed by atoms with Crippen LogP contribution in [0.25, 0.3) is 16.5 Å². The fourth-order valence-corrected chi connectivity index (χ4v) is 4.55. The molecule has 0 aliphatic carbocycles. The van der Waals surface area contributed by atoms with Gasteiger partial charge in [0.25, 0.3) is 0 Å². The summed E-state index contributed by atoms with van der Waals surface area (Å²) in [4.78, 5) is 0. The molecule has 0 atom stereocenters. The standard InChI is InChI=1S/C26H32N2/c1-4-19(2)23-11-9-21(10-12-23)17-25-20(3)28(18-22-13-15-27-16-14-22)26-8-6-5-7-24(25)26/h5-12,22,27H,2,4,13-18H2,1,3H3. The Labute approximate surface area is 169 Å². The van der Waals surface area contributed by atoms with E-state index in [1.54, 1.807) is 0 Å². The summed E-state index contributed by atoms with van der Waals surface area (Å²) in [6.07, 6.45) is 4.56. The van der Waals surface area contributed by atoms with Crippen molar-refractivity contribution in [3.63, 3.8) is 0 Å². The number of aromatic nitrogens is 1. The normalized spacial score (nSPS) is 15.2. The average Bonchev–Trinajstić information content (AvgIpc) is 3.00. The molecule has 4 rings (SSSR count). The fraction of sp³-hybridized carbons (Fsp3) is 0.385. The van der Waals surface area contributed by atoms with E-state index in [-0.39, 0.29) is 0 Å². The van der Waals surface area contributed by atoms with Gasteiger partial charge in [-0.25, -0.2) is 0 Å². The average molecular weight is 373 g/mol. The Kier molecular flexibility index (Phi) is 5.68. The largest absolute Gasteiger partial charge is 0.344 e. The van der Waals surface area contributed by atoms with Crippen LogP contribution in [0, 0.1) is 12.8 Å². The molecular formula is C26H32N2. The summed E-state index contributed by atoms with van der Waals surface area (Å²) in [5, 5.41) is 4.90. The maximum atomic E-state index is 4.16. The summed E-state index contributed by atoms with van der Waals surface area (Å²) in [7, 11) is 0. The minimum absolute atomic E-state index is 0.781. The first-order chi connectivity index (χ1) is 13.7. The molecule has 2 heteroatoms. The molecule has 1 aromatic heterocycles. The molecule has 2 nitrogen and oxygen atoms in total. The van der Waals surface area contributed by atoms with Gasteiger partial charge in [0.15, 0.2) is 0 Å². The van der Waals surface area contributed by atoms with Gasteiger partial charge in [-0.05, 0) is 79.9 Å². The van der Waals surface area contributed by atoms with Crippen molar-refractivity contribution in [3.05, 3.63) is 77.5 Å². The van der Waals surface area contributed by atoms with E-state index >= 15 is 0 Å². The monoisotopic (exact) mass is 372 g/mol. The third kappa shape index (κ3) is 3.79. The zero-order valence-electron chi connectivity index (χ0n) is 17.3. The van der Waals surface area contributed by atoms with Gasteiger partial charge in [-0.3, -0.25) is 0 Å². The summed E-state index contributed by atoms with van der Waals surface area (Å²) in [5.41, 5.74) is 8.15. The molecular weight excluding hydrogens is 340 g/mol. The number of nitrogens with one attached hydrogen (secondary N) is 1. The highest BCUT2D eigenvalue weighted by Crippen LogP contribution is 2.30. The van der Waals surface area contributed by atoms with Crippen LogP contribution >= 0.6 is 0 Å². The van der Waals surface area contributed by atoms with E-state index in [0.717, 1.165) is 38.4 Å². The van der Waals surface area contributed by atoms with Gasteiger partial charge in [0.1, 0.15) is 0 Å². The highest BCUT2D eigenvalue weighted by molar-refractivity contribution is 5.86. The molecule has 0 spiro atoms. The summed E-state index contributed by atoms with van der Waals surface area (Å²) < 4.78 is 2.58. The van der Waals surface area contributed by atoms with Crippen LogP contribution < -0.4 is 5.32 Å². The molecule has 146 valence electrons. The Bertz CT molecular complexity index is 956. The molecule has 2 aromatic carbocycles. The van der Waals surface area contributed by atoms with Gasteiger partial charge >= 0.3 is 0 Å². The summed E-state index contributed by atoms with van der Waals surface area (Å²) in [5.74, 6) is 0.781. The van der Waals surface area contributed by atoms with E-state index < -0.39 is 0 Å². The lowest BCUT2D eigenvalue weighted by molar-refractivity contribution is 0.335. The Morgan fingerprint density at radius 3 is 2.50 bits per heavy atom. The Balaban J connectivity index is 1.65. The second-order valence-corrected chi connectivity index (χ2v) is 8.22. The van der Waals surface area contributed by atoms with Gasteiger partial charge in [0.2, 0.25) is 0 Å². The lowest BCUT2D eigenvalue weighted by Gasteiger charge is -2.24. The molecule has 0 radical (unpaired) electrons. The number of benzene rings is 2. The predicted molar refractivity (Wildman–Crippen MR) is 121 cm³/mol. The van der Waals surface area contributed by atoms with Crippen LogP contribution in [0.3, 0.4) is 0 Å². The molecule has 1 fully saturated rings. The molecule has 0 saturated carbocycles. The van der Waals surface area contributed by atoms with Gasteiger partial charge in [0, 0.05) is 23.1 Å². The minimum atomic E-state index is 0.781. The van der Waals surface area contributed by atoms with E-state index in [0.29, 0.717) is 0 Å². The van der Waals surface area contributed by atoms with Crippen molar-refractivity contribution in [2.45, 2.75) is 46.1 Å². The zero-order chi connectivity index (χ0) is 19.5. The lowest BCUT2D eigenvalue weighted by Crippen LogP contribution is -2.30. The highest BCUT2D eigenvalue weighted by Gasteiger charge is 2.19. The molecule has 3 aromatic rings. The third-order valence-corrected chi connectivity index (χ3v) is 6.43. The van der Waals surface area contributed by atoms with Crippen LogP contribution in [0.4, 0.5) is 0 Å². The quantitative estimate of drug-likeness (QED) is 0.564. The van der Waals surface area contributed by atoms with Crippen molar-refractivity contribution in [1.82, 2.24) is 9.88 Å². The molecule has 1 saturated heterocycles. The molecule has 0 bridgehead atoms. The maximum Gasteiger partial charge on any atom is 0.0485 e. The van der Waals surface area contributed by atoms with Crippen molar-refractivity contribution < 1.29 is 0 Å². The van der Waals surface area contributed by atoms with Crippen LogP contribution in [0.15, 0.2) is 55.1 Å². The number of fused-ring (bicyclic) bond motifs is 1. The lowest BCUT2D eigenvalue weighted by atomic mass is 9.98. The number of nitrogens with zero attached hydrogens (tertiary/aromatic N) is 1. The van der Waals surface area contributed by atoms with Crippen LogP contribution in [0.5, 0.6) is 0 Å². The molecule has 0 amide bonds. The van der Waals surface area contributed by atoms with Gasteiger partial charge in [-0.1, -0.05) is 56.0 Å². The highest BCUT2D eigenvalue weighted by atomic mass is 15.0. The van der Waals surface area contributed by atoms with E-state index in [1.165, 1.54) is 51.7 Å². The number of para-hydroxylation sites is 1. The van der Waals surface area contributed by atoms with Crippen LogP contribution in [-0.2, 0) is 13.0 Å². The van der Waals surface area contributed by atoms with Crippen LogP contribution in [0.2, 0.25) is 0 Å². The second-order valence-electron chi connectivity index (χ2n) is 8.22. The van der Waals surface area contributed by atoms with E-state index in [1.807, 2.05) is 0 Å². The van der Waals surface area contributed by atoms with E-state index in [4.69, 9.17) is 0 Å². The van der Waals surface area contributed by atoms with Crippen molar-refractivity contribution in [2.75, 3.05) is 13.1 Å². The minimum Gasteiger partial charge on any atom is -0.344 e. The molecule has 2 heterocycles. The predicted octanol–water partition coefficient (Wildman–Crippen LogP) is 5.96. The summed E-state index contributed by atoms with van der Waals surface area (Å²) in [6.45, 7) is 12.1. The zero-order valence-corrected chi connectivity index (χ0v) is 17.3. The number of allylic oxidation sites excluding steroid dienone is 1. The molecule has 1 N–H and O–H groups in total. The Morgan fingerprint density at radius 2 is 1.79 bits per heavy atom. The first-order valence-electron chi connectivity index (χ1n) is 10.7. The summed E-state index contributed by atoms with van der Waals surface area (Å²) in [6, 6.07) is 17.9. The Morgan fingerprint density at radius 1 is 1.07 bits per heavy atom. The number of rotatable bonds is 6. The topological polar surface area (TPSA) is 17.0 Å². The van der Waals surface area contributed by atoms with Crippen molar-refractivity contribution in [3.8, 4) is 0 Å². The van der Waals surface area contributed by atoms with Crippen LogP contribution in [-0.4, -0.2) is 17.7 Å². The summed E-state index contributed by atoms with van der Waals surface area (Å²) >= 11 is 0. The SMILES string of the molecule is C=C(CC)c1ccc(Cc2c(C)n(CC3CCNCC3)c3ccccc23)cc1. The van der Waals surface area contributed by atoms with Crippen molar-refractivity contribution >= 4 is 16.5 Å². The number of hydrogen-bond donors (Lipinski definition) is 1. The molecule has 1 aliphatic heterocycles.